The topological polar surface area (TPSA) is 106 Å². The van der Waals surface area contributed by atoms with E-state index in [2.05, 4.69) is 29.2 Å². The van der Waals surface area contributed by atoms with Crippen molar-refractivity contribution in [3.8, 4) is 0 Å². The first-order valence-corrected chi connectivity index (χ1v) is 11.6. The van der Waals surface area contributed by atoms with Crippen LogP contribution < -0.4 is 4.90 Å². The number of halogens is 2. The maximum atomic E-state index is 10.2. The van der Waals surface area contributed by atoms with Crippen molar-refractivity contribution >= 4 is 28.9 Å². The van der Waals surface area contributed by atoms with E-state index in [0.717, 1.165) is 38.0 Å². The second-order valence-corrected chi connectivity index (χ2v) is 8.29. The molecule has 8 nitrogen and oxygen atoms in total. The summed E-state index contributed by atoms with van der Waals surface area (Å²) in [6.07, 6.45) is -3.59. The Balaban J connectivity index is 1.84. The molecule has 1 fully saturated rings. The number of hydroxylamine groups is 2. The van der Waals surface area contributed by atoms with Crippen molar-refractivity contribution in [1.82, 2.24) is 5.06 Å². The van der Waals surface area contributed by atoms with Gasteiger partial charge in [-0.3, -0.25) is 4.84 Å². The van der Waals surface area contributed by atoms with E-state index >= 15 is 0 Å². The first-order chi connectivity index (χ1) is 15.0. The molecular formula is C21H34Cl2N2O6. The highest BCUT2D eigenvalue weighted by Crippen LogP contribution is 2.24. The standard InChI is InChI=1S/C21H34Cl2N2O6/c1-30-25(21-20(29)19(28)18(27)17(14-26)31-21)11-3-2-4-15-5-7-16(8-6-15)24(12-9-22)13-10-23/h5-8,17-21,26-29H,2-4,9-14H2,1H3/t17-,18+,19+,20+,21?/m1/s1. The number of aliphatic hydroxyl groups is 4. The highest BCUT2D eigenvalue weighted by molar-refractivity contribution is 6.18. The molecule has 0 radical (unpaired) electrons. The molecule has 0 aliphatic carbocycles. The van der Waals surface area contributed by atoms with Crippen LogP contribution in [0, 0.1) is 0 Å². The Labute approximate surface area is 193 Å². The molecule has 1 saturated heterocycles. The third kappa shape index (κ3) is 7.42. The van der Waals surface area contributed by atoms with Gasteiger partial charge in [0.2, 0.25) is 0 Å². The van der Waals surface area contributed by atoms with Crippen LogP contribution in [0.1, 0.15) is 18.4 Å². The molecule has 1 heterocycles. The van der Waals surface area contributed by atoms with E-state index < -0.39 is 37.3 Å². The van der Waals surface area contributed by atoms with Gasteiger partial charge in [-0.1, -0.05) is 12.1 Å². The van der Waals surface area contributed by atoms with Crippen LogP contribution in [-0.4, -0.2) is 101 Å². The minimum Gasteiger partial charge on any atom is -0.394 e. The molecule has 0 aromatic heterocycles. The maximum absolute atomic E-state index is 10.2. The quantitative estimate of drug-likeness (QED) is 0.188. The molecule has 2 rings (SSSR count). The first-order valence-electron chi connectivity index (χ1n) is 10.5. The van der Waals surface area contributed by atoms with Gasteiger partial charge in [-0.25, -0.2) is 0 Å². The van der Waals surface area contributed by atoms with Gasteiger partial charge in [0.25, 0.3) is 0 Å². The number of nitrogens with zero attached hydrogens (tertiary/aromatic N) is 2. The van der Waals surface area contributed by atoms with Crippen molar-refractivity contribution in [3.05, 3.63) is 29.8 Å². The minimum atomic E-state index is -1.43. The predicted molar refractivity (Wildman–Crippen MR) is 121 cm³/mol. The molecule has 0 spiro atoms. The highest BCUT2D eigenvalue weighted by Gasteiger charge is 2.45. The van der Waals surface area contributed by atoms with Gasteiger partial charge < -0.3 is 30.1 Å². The summed E-state index contributed by atoms with van der Waals surface area (Å²) < 4.78 is 5.54. The number of unbranched alkanes of at least 4 members (excludes halogenated alkanes) is 1. The second kappa shape index (κ2) is 13.8. The van der Waals surface area contributed by atoms with Crippen LogP contribution in [0.3, 0.4) is 0 Å². The van der Waals surface area contributed by atoms with E-state index in [1.807, 2.05) is 0 Å². The third-order valence-corrected chi connectivity index (χ3v) is 5.83. The summed E-state index contributed by atoms with van der Waals surface area (Å²) in [7, 11) is 1.45. The number of aliphatic hydroxyl groups excluding tert-OH is 4. The number of hydrogen-bond acceptors (Lipinski definition) is 8. The average Bonchev–Trinajstić information content (AvgIpc) is 2.79. The molecule has 1 aromatic rings. The number of ether oxygens (including phenoxy) is 1. The number of aryl methyl sites for hydroxylation is 1. The van der Waals surface area contributed by atoms with Crippen LogP contribution in [0.2, 0.25) is 0 Å². The summed E-state index contributed by atoms with van der Waals surface area (Å²) >= 11 is 11.7. The fourth-order valence-corrected chi connectivity index (χ4v) is 4.09. The Hall–Kier alpha value is -0.680. The van der Waals surface area contributed by atoms with Crippen LogP contribution in [-0.2, 0) is 16.0 Å². The van der Waals surface area contributed by atoms with E-state index in [9.17, 15) is 20.4 Å². The zero-order valence-electron chi connectivity index (χ0n) is 17.8. The second-order valence-electron chi connectivity index (χ2n) is 7.53. The molecule has 1 aliphatic heterocycles. The van der Waals surface area contributed by atoms with Gasteiger partial charge in [-0.2, -0.15) is 5.06 Å². The Morgan fingerprint density at radius 1 is 0.935 bits per heavy atom. The fraction of sp³-hybridized carbons (Fsp3) is 0.714. The monoisotopic (exact) mass is 480 g/mol. The molecule has 1 unspecified atom stereocenters. The Bertz CT molecular complexity index is 618. The number of hydrogen-bond donors (Lipinski definition) is 4. The lowest BCUT2D eigenvalue weighted by molar-refractivity contribution is -0.328. The summed E-state index contributed by atoms with van der Waals surface area (Å²) in [5, 5.41) is 40.9. The lowest BCUT2D eigenvalue weighted by Gasteiger charge is -2.43. The summed E-state index contributed by atoms with van der Waals surface area (Å²) in [4.78, 5) is 7.48. The van der Waals surface area contributed by atoms with Crippen molar-refractivity contribution in [2.75, 3.05) is 50.0 Å². The molecule has 1 aliphatic rings. The van der Waals surface area contributed by atoms with E-state index in [0.29, 0.717) is 18.3 Å². The van der Waals surface area contributed by atoms with Crippen molar-refractivity contribution in [3.63, 3.8) is 0 Å². The number of rotatable bonds is 13. The molecule has 5 atom stereocenters. The molecule has 0 amide bonds. The van der Waals surface area contributed by atoms with Gasteiger partial charge >= 0.3 is 0 Å². The fourth-order valence-electron chi connectivity index (χ4n) is 3.69. The van der Waals surface area contributed by atoms with Gasteiger partial charge in [0.05, 0.1) is 13.7 Å². The third-order valence-electron chi connectivity index (χ3n) is 5.49. The number of alkyl halides is 2. The van der Waals surface area contributed by atoms with Crippen molar-refractivity contribution in [2.24, 2.45) is 0 Å². The van der Waals surface area contributed by atoms with Crippen molar-refractivity contribution < 1.29 is 30.0 Å². The molecule has 10 heteroatoms. The van der Waals surface area contributed by atoms with Crippen molar-refractivity contribution in [2.45, 2.75) is 49.9 Å². The normalized spacial score (nSPS) is 26.4. The van der Waals surface area contributed by atoms with Gasteiger partial charge in [0.15, 0.2) is 6.23 Å². The highest BCUT2D eigenvalue weighted by atomic mass is 35.5. The van der Waals surface area contributed by atoms with Crippen LogP contribution in [0.4, 0.5) is 5.69 Å². The number of anilines is 1. The summed E-state index contributed by atoms with van der Waals surface area (Å²) in [5.41, 5.74) is 2.30. The molecule has 0 bridgehead atoms. The minimum absolute atomic E-state index is 0.455. The zero-order valence-corrected chi connectivity index (χ0v) is 19.3. The van der Waals surface area contributed by atoms with E-state index in [-0.39, 0.29) is 0 Å². The summed E-state index contributed by atoms with van der Waals surface area (Å²) in [6, 6.07) is 8.33. The van der Waals surface area contributed by atoms with E-state index in [1.165, 1.54) is 17.7 Å². The molecule has 0 saturated carbocycles. The van der Waals surface area contributed by atoms with E-state index in [4.69, 9.17) is 32.8 Å². The van der Waals surface area contributed by atoms with Crippen LogP contribution in [0.5, 0.6) is 0 Å². The number of benzene rings is 1. The summed E-state index contributed by atoms with van der Waals surface area (Å²) in [5.74, 6) is 1.09. The van der Waals surface area contributed by atoms with Crippen molar-refractivity contribution in [1.29, 1.82) is 0 Å². The van der Waals surface area contributed by atoms with Gasteiger partial charge in [-0.05, 0) is 37.0 Å². The zero-order chi connectivity index (χ0) is 22.8. The van der Waals surface area contributed by atoms with Gasteiger partial charge in [-0.15, -0.1) is 23.2 Å². The lowest BCUT2D eigenvalue weighted by Crippen LogP contribution is -2.63. The largest absolute Gasteiger partial charge is 0.394 e. The molecular weight excluding hydrogens is 447 g/mol. The van der Waals surface area contributed by atoms with Gasteiger partial charge in [0, 0.05) is 37.1 Å². The van der Waals surface area contributed by atoms with E-state index in [1.54, 1.807) is 0 Å². The Kier molecular flexibility index (Phi) is 11.8. The SMILES string of the molecule is CON(CCCCc1ccc(N(CCCl)CCCl)cc1)C1O[C@H](CO)[C@H](O)[C@H](O)[C@@H]1O. The van der Waals surface area contributed by atoms with Crippen LogP contribution >= 0.6 is 23.2 Å². The van der Waals surface area contributed by atoms with Crippen LogP contribution in [0.15, 0.2) is 24.3 Å². The molecule has 31 heavy (non-hydrogen) atoms. The molecule has 4 N–H and O–H groups in total. The molecule has 178 valence electrons. The van der Waals surface area contributed by atoms with Gasteiger partial charge in [0.1, 0.15) is 24.4 Å². The first kappa shape index (κ1) is 26.6. The maximum Gasteiger partial charge on any atom is 0.162 e. The Morgan fingerprint density at radius 2 is 1.58 bits per heavy atom. The van der Waals surface area contributed by atoms with Crippen LogP contribution in [0.25, 0.3) is 0 Å². The predicted octanol–water partition coefficient (Wildman–Crippen LogP) is 0.957. The Morgan fingerprint density at radius 3 is 2.13 bits per heavy atom. The molecule has 1 aromatic carbocycles. The summed E-state index contributed by atoms with van der Waals surface area (Å²) in [6.45, 7) is 1.48. The average molecular weight is 481 g/mol. The lowest BCUT2D eigenvalue weighted by atomic mass is 9.98. The smallest absolute Gasteiger partial charge is 0.162 e.